The first kappa shape index (κ1) is 21.2. The van der Waals surface area contributed by atoms with E-state index in [1.54, 1.807) is 0 Å². The number of fused-ring (bicyclic) bond motifs is 2. The van der Waals surface area contributed by atoms with E-state index < -0.39 is 0 Å². The number of piperidine rings is 2. The lowest BCUT2D eigenvalue weighted by atomic mass is 9.99. The second kappa shape index (κ2) is 8.76. The van der Waals surface area contributed by atoms with Crippen LogP contribution in [-0.4, -0.2) is 63.2 Å². The first-order valence-corrected chi connectivity index (χ1v) is 12.4. The minimum absolute atomic E-state index is 0.111. The molecule has 0 saturated carbocycles. The maximum atomic E-state index is 11.5. The van der Waals surface area contributed by atoms with E-state index in [1.807, 2.05) is 18.2 Å². The zero-order valence-corrected chi connectivity index (χ0v) is 19.6. The summed E-state index contributed by atoms with van der Waals surface area (Å²) in [6, 6.07) is 13.0. The van der Waals surface area contributed by atoms with Crippen LogP contribution in [0.2, 0.25) is 0 Å². The molecule has 1 amide bonds. The number of carbonyl (C=O) groups excluding carboxylic acids is 1. The van der Waals surface area contributed by atoms with E-state index in [0.717, 1.165) is 58.3 Å². The average Bonchev–Trinajstić information content (AvgIpc) is 3.48. The maximum Gasteiger partial charge on any atom is 0.221 e. The van der Waals surface area contributed by atoms with Crippen LogP contribution in [0.15, 0.2) is 36.4 Å². The molecule has 3 N–H and O–H groups in total. The molecule has 4 aromatic rings. The normalized spacial score (nSPS) is 18.1. The van der Waals surface area contributed by atoms with Gasteiger partial charge in [-0.2, -0.15) is 5.10 Å². The number of nitrogens with one attached hydrogen (secondary N) is 3. The van der Waals surface area contributed by atoms with Crippen molar-refractivity contribution in [2.75, 3.05) is 36.4 Å². The van der Waals surface area contributed by atoms with Crippen molar-refractivity contribution in [3.63, 3.8) is 0 Å². The van der Waals surface area contributed by atoms with Crippen LogP contribution in [0.25, 0.3) is 33.5 Å². The number of likely N-dealkylation sites (tertiary alicyclic amines) is 1. The van der Waals surface area contributed by atoms with Gasteiger partial charge >= 0.3 is 0 Å². The lowest BCUT2D eigenvalue weighted by Gasteiger charge is -2.41. The molecule has 0 radical (unpaired) electrons. The molecule has 2 fully saturated rings. The maximum absolute atomic E-state index is 11.5. The molecule has 8 nitrogen and oxygen atoms in total. The third kappa shape index (κ3) is 3.92. The minimum atomic E-state index is -0.111. The highest BCUT2D eigenvalue weighted by molar-refractivity contribution is 6.04. The van der Waals surface area contributed by atoms with Gasteiger partial charge in [-0.1, -0.05) is 18.6 Å². The molecule has 0 aliphatic carbocycles. The molecule has 2 aromatic heterocycles. The molecule has 0 unspecified atom stereocenters. The van der Waals surface area contributed by atoms with Gasteiger partial charge in [0.15, 0.2) is 5.82 Å². The lowest BCUT2D eigenvalue weighted by molar-refractivity contribution is -0.114. The average molecular weight is 458 g/mol. The van der Waals surface area contributed by atoms with Crippen molar-refractivity contribution in [1.82, 2.24) is 25.1 Å². The van der Waals surface area contributed by atoms with Crippen molar-refractivity contribution in [1.29, 1.82) is 0 Å². The standard InChI is InChI=1S/C26H31N7O/c1-17(34)27-22-7-5-6-20-24(22)30-31-25(20)26-28-21-9-8-19(16-23(21)29-26)33-14-10-18(11-15-33)32-12-3-2-4-13-32/h5-9,16,18H,2-4,10-15H2,1H3,(H,27,34)(H,28,29)(H,30,31). The van der Waals surface area contributed by atoms with Gasteiger partial charge in [0.1, 0.15) is 5.69 Å². The molecule has 4 heterocycles. The van der Waals surface area contributed by atoms with Crippen LogP contribution < -0.4 is 10.2 Å². The summed E-state index contributed by atoms with van der Waals surface area (Å²) in [6.07, 6.45) is 6.59. The Balaban J connectivity index is 1.23. The molecular weight excluding hydrogens is 426 g/mol. The summed E-state index contributed by atoms with van der Waals surface area (Å²) in [5.74, 6) is 0.613. The smallest absolute Gasteiger partial charge is 0.221 e. The third-order valence-corrected chi connectivity index (χ3v) is 7.34. The SMILES string of the molecule is CC(=O)Nc1cccc2c(-c3nc4ccc(N5CCC(N6CCCCC6)CC5)cc4[nH]3)n[nH]c12. The number of benzene rings is 2. The lowest BCUT2D eigenvalue weighted by Crippen LogP contribution is -2.46. The van der Waals surface area contributed by atoms with E-state index in [9.17, 15) is 4.79 Å². The van der Waals surface area contributed by atoms with E-state index in [0.29, 0.717) is 0 Å². The fourth-order valence-electron chi connectivity index (χ4n) is 5.60. The Morgan fingerprint density at radius 1 is 1.06 bits per heavy atom. The number of anilines is 2. The van der Waals surface area contributed by atoms with Crippen molar-refractivity contribution >= 4 is 39.2 Å². The number of nitrogens with zero attached hydrogens (tertiary/aromatic N) is 4. The molecule has 8 heteroatoms. The van der Waals surface area contributed by atoms with E-state index in [4.69, 9.17) is 4.98 Å². The fraction of sp³-hybridized carbons (Fsp3) is 0.423. The predicted molar refractivity (Wildman–Crippen MR) is 136 cm³/mol. The molecule has 0 atom stereocenters. The number of imidazole rings is 1. The highest BCUT2D eigenvalue weighted by Crippen LogP contribution is 2.32. The molecule has 0 bridgehead atoms. The van der Waals surface area contributed by atoms with Crippen molar-refractivity contribution in [3.8, 4) is 11.5 Å². The molecule has 34 heavy (non-hydrogen) atoms. The highest BCUT2D eigenvalue weighted by atomic mass is 16.1. The molecule has 2 saturated heterocycles. The zero-order chi connectivity index (χ0) is 23.1. The topological polar surface area (TPSA) is 92.9 Å². The summed E-state index contributed by atoms with van der Waals surface area (Å²) in [4.78, 5) is 25.0. The fourth-order valence-corrected chi connectivity index (χ4v) is 5.60. The second-order valence-corrected chi connectivity index (χ2v) is 9.58. The molecule has 176 valence electrons. The number of amides is 1. The molecule has 0 spiro atoms. The van der Waals surface area contributed by atoms with Gasteiger partial charge in [-0.05, 0) is 63.0 Å². The van der Waals surface area contributed by atoms with Gasteiger partial charge in [-0.25, -0.2) is 4.98 Å². The van der Waals surface area contributed by atoms with E-state index in [-0.39, 0.29) is 5.91 Å². The van der Waals surface area contributed by atoms with E-state index in [1.165, 1.54) is 57.8 Å². The van der Waals surface area contributed by atoms with Gasteiger partial charge < -0.3 is 20.1 Å². The Labute approximate surface area is 198 Å². The summed E-state index contributed by atoms with van der Waals surface area (Å²) >= 11 is 0. The van der Waals surface area contributed by atoms with Gasteiger partial charge in [-0.15, -0.1) is 0 Å². The van der Waals surface area contributed by atoms with Crippen LogP contribution >= 0.6 is 0 Å². The molecule has 2 aliphatic heterocycles. The number of para-hydroxylation sites is 1. The van der Waals surface area contributed by atoms with E-state index in [2.05, 4.69) is 48.5 Å². The second-order valence-electron chi connectivity index (χ2n) is 9.58. The van der Waals surface area contributed by atoms with Gasteiger partial charge in [0.2, 0.25) is 5.91 Å². The van der Waals surface area contributed by atoms with Crippen molar-refractivity contribution in [2.45, 2.75) is 45.1 Å². The molecule has 6 rings (SSSR count). The first-order chi connectivity index (χ1) is 16.7. The number of carbonyl (C=O) groups is 1. The quantitative estimate of drug-likeness (QED) is 0.419. The van der Waals surface area contributed by atoms with Gasteiger partial charge in [0.25, 0.3) is 0 Å². The van der Waals surface area contributed by atoms with Crippen LogP contribution in [0, 0.1) is 0 Å². The number of rotatable bonds is 4. The number of aromatic nitrogens is 4. The van der Waals surface area contributed by atoms with Crippen LogP contribution in [0.3, 0.4) is 0 Å². The third-order valence-electron chi connectivity index (χ3n) is 7.34. The highest BCUT2D eigenvalue weighted by Gasteiger charge is 2.26. The first-order valence-electron chi connectivity index (χ1n) is 12.4. The molecule has 2 aliphatic rings. The van der Waals surface area contributed by atoms with E-state index >= 15 is 0 Å². The Bertz CT molecular complexity index is 1330. The number of aromatic amines is 2. The number of hydrogen-bond acceptors (Lipinski definition) is 5. The minimum Gasteiger partial charge on any atom is -0.371 e. The Kier molecular flexibility index (Phi) is 5.45. The summed E-state index contributed by atoms with van der Waals surface area (Å²) in [5.41, 5.74) is 5.46. The van der Waals surface area contributed by atoms with Crippen LogP contribution in [0.1, 0.15) is 39.0 Å². The van der Waals surface area contributed by atoms with Gasteiger partial charge in [0, 0.05) is 37.1 Å². The zero-order valence-electron chi connectivity index (χ0n) is 19.6. The van der Waals surface area contributed by atoms with Gasteiger partial charge in [-0.3, -0.25) is 9.89 Å². The Morgan fingerprint density at radius 2 is 1.88 bits per heavy atom. The number of H-pyrrole nitrogens is 2. The largest absolute Gasteiger partial charge is 0.371 e. The summed E-state index contributed by atoms with van der Waals surface area (Å²) in [6.45, 7) is 6.26. The van der Waals surface area contributed by atoms with Crippen LogP contribution in [0.4, 0.5) is 11.4 Å². The Hall–Kier alpha value is -3.39. The van der Waals surface area contributed by atoms with Crippen molar-refractivity contribution in [2.24, 2.45) is 0 Å². The van der Waals surface area contributed by atoms with Crippen molar-refractivity contribution < 1.29 is 4.79 Å². The monoisotopic (exact) mass is 457 g/mol. The summed E-state index contributed by atoms with van der Waals surface area (Å²) in [7, 11) is 0. The van der Waals surface area contributed by atoms with Crippen molar-refractivity contribution in [3.05, 3.63) is 36.4 Å². The van der Waals surface area contributed by atoms with Gasteiger partial charge in [0.05, 0.1) is 22.2 Å². The molecular formula is C26H31N7O. The summed E-state index contributed by atoms with van der Waals surface area (Å²) < 4.78 is 0. The van der Waals surface area contributed by atoms with Crippen LogP contribution in [0.5, 0.6) is 0 Å². The van der Waals surface area contributed by atoms with Crippen LogP contribution in [-0.2, 0) is 4.79 Å². The molecule has 2 aromatic carbocycles. The Morgan fingerprint density at radius 3 is 2.68 bits per heavy atom. The summed E-state index contributed by atoms with van der Waals surface area (Å²) in [5, 5.41) is 11.3. The number of hydrogen-bond donors (Lipinski definition) is 3. The predicted octanol–water partition coefficient (Wildman–Crippen LogP) is 4.52.